The topological polar surface area (TPSA) is 65.9 Å². The Morgan fingerprint density at radius 2 is 2.05 bits per heavy atom. The van der Waals surface area contributed by atoms with Gasteiger partial charge >= 0.3 is 0 Å². The first-order valence-corrected chi connectivity index (χ1v) is 7.24. The molecule has 2 aromatic rings. The maximum Gasteiger partial charge on any atom is 0.171 e. The first-order valence-electron chi connectivity index (χ1n) is 7.24. The summed E-state index contributed by atoms with van der Waals surface area (Å²) < 4.78 is 5.78. The van der Waals surface area contributed by atoms with E-state index in [0.717, 1.165) is 10.9 Å². The molecule has 1 aromatic heterocycles. The summed E-state index contributed by atoms with van der Waals surface area (Å²) in [5.74, 6) is 0.155. The number of ether oxygens (including phenoxy) is 1. The molecular formula is C17H18N2O2. The lowest BCUT2D eigenvalue weighted by Gasteiger charge is -2.16. The van der Waals surface area contributed by atoms with Gasteiger partial charge in [0.2, 0.25) is 0 Å². The fourth-order valence-electron chi connectivity index (χ4n) is 3.29. The van der Waals surface area contributed by atoms with Gasteiger partial charge in [-0.15, -0.1) is 0 Å². The van der Waals surface area contributed by atoms with Crippen molar-refractivity contribution in [2.75, 3.05) is 0 Å². The predicted molar refractivity (Wildman–Crippen MR) is 80.0 cm³/mol. The number of ketones is 1. The smallest absolute Gasteiger partial charge is 0.171 e. The lowest BCUT2D eigenvalue weighted by Crippen LogP contribution is -2.26. The molecule has 1 fully saturated rings. The normalized spacial score (nSPS) is 28.7. The molecule has 2 heterocycles. The minimum atomic E-state index is -0.134. The molecule has 1 saturated heterocycles. The third-order valence-corrected chi connectivity index (χ3v) is 4.62. The number of benzene rings is 1. The Labute approximate surface area is 123 Å². The van der Waals surface area contributed by atoms with Crippen LogP contribution in [0.2, 0.25) is 0 Å². The van der Waals surface area contributed by atoms with Gasteiger partial charge in [-0.25, -0.2) is 0 Å². The summed E-state index contributed by atoms with van der Waals surface area (Å²) in [5.41, 5.74) is 2.10. The van der Waals surface area contributed by atoms with Crippen LogP contribution in [0.3, 0.4) is 0 Å². The molecule has 108 valence electrons. The van der Waals surface area contributed by atoms with Crippen molar-refractivity contribution in [1.82, 2.24) is 4.98 Å². The van der Waals surface area contributed by atoms with E-state index >= 15 is 0 Å². The lowest BCUT2D eigenvalue weighted by molar-refractivity contribution is 0.0491. The molecular weight excluding hydrogens is 264 g/mol. The van der Waals surface area contributed by atoms with Gasteiger partial charge in [0.15, 0.2) is 5.78 Å². The number of aromatic amines is 1. The van der Waals surface area contributed by atoms with Crippen LogP contribution in [0.1, 0.15) is 36.7 Å². The van der Waals surface area contributed by atoms with E-state index < -0.39 is 0 Å². The Morgan fingerprint density at radius 1 is 1.29 bits per heavy atom. The molecule has 1 aromatic carbocycles. The number of hydrogen-bond acceptors (Lipinski definition) is 3. The third-order valence-electron chi connectivity index (χ3n) is 4.62. The Hall–Kier alpha value is -2.12. The molecule has 0 radical (unpaired) electrons. The van der Waals surface area contributed by atoms with Crippen molar-refractivity contribution in [3.8, 4) is 6.07 Å². The van der Waals surface area contributed by atoms with E-state index in [4.69, 9.17) is 10.00 Å². The molecule has 0 saturated carbocycles. The summed E-state index contributed by atoms with van der Waals surface area (Å²) in [7, 11) is 0. The molecule has 0 bridgehead atoms. The van der Waals surface area contributed by atoms with E-state index in [1.165, 1.54) is 0 Å². The van der Waals surface area contributed by atoms with Gasteiger partial charge in [-0.1, -0.05) is 6.92 Å². The minimum absolute atomic E-state index is 0.0772. The van der Waals surface area contributed by atoms with E-state index in [1.807, 2.05) is 19.9 Å². The van der Waals surface area contributed by atoms with E-state index in [9.17, 15) is 4.79 Å². The van der Waals surface area contributed by atoms with Crippen molar-refractivity contribution in [3.05, 3.63) is 35.5 Å². The Morgan fingerprint density at radius 3 is 2.67 bits per heavy atom. The Kier molecular flexibility index (Phi) is 3.30. The van der Waals surface area contributed by atoms with Crippen molar-refractivity contribution >= 4 is 16.7 Å². The highest BCUT2D eigenvalue weighted by molar-refractivity contribution is 6.09. The van der Waals surface area contributed by atoms with E-state index in [-0.39, 0.29) is 29.8 Å². The van der Waals surface area contributed by atoms with Gasteiger partial charge in [-0.2, -0.15) is 5.26 Å². The SMILES string of the molecule is CC1OC(C)C(C(=O)c2c[nH]c3ccc(C#N)cc23)C1C. The zero-order valence-corrected chi connectivity index (χ0v) is 12.4. The number of fused-ring (bicyclic) bond motifs is 1. The summed E-state index contributed by atoms with van der Waals surface area (Å²) in [4.78, 5) is 16.0. The van der Waals surface area contributed by atoms with Gasteiger partial charge < -0.3 is 9.72 Å². The molecule has 3 rings (SSSR count). The standard InChI is InChI=1S/C17H18N2O2/c1-9-10(2)21-11(3)16(9)17(20)14-8-19-15-5-4-12(7-18)6-13(14)15/h4-6,8-11,16,19H,1-3H3. The van der Waals surface area contributed by atoms with Crippen LogP contribution in [-0.2, 0) is 4.74 Å². The number of carbonyl (C=O) groups excluding carboxylic acids is 1. The van der Waals surface area contributed by atoms with Crippen molar-refractivity contribution in [2.24, 2.45) is 11.8 Å². The van der Waals surface area contributed by atoms with Crippen LogP contribution in [0.5, 0.6) is 0 Å². The number of aromatic nitrogens is 1. The number of H-pyrrole nitrogens is 1. The Balaban J connectivity index is 2.04. The van der Waals surface area contributed by atoms with Crippen molar-refractivity contribution in [2.45, 2.75) is 33.0 Å². The summed E-state index contributed by atoms with van der Waals surface area (Å²) >= 11 is 0. The largest absolute Gasteiger partial charge is 0.374 e. The lowest BCUT2D eigenvalue weighted by atomic mass is 9.83. The van der Waals surface area contributed by atoms with Crippen LogP contribution in [-0.4, -0.2) is 23.0 Å². The van der Waals surface area contributed by atoms with Crippen LogP contribution >= 0.6 is 0 Å². The summed E-state index contributed by atoms with van der Waals surface area (Å²) in [6.45, 7) is 6.03. The first-order chi connectivity index (χ1) is 10.0. The number of nitrogens with one attached hydrogen (secondary N) is 1. The number of nitriles is 1. The van der Waals surface area contributed by atoms with Gasteiger partial charge in [0.25, 0.3) is 0 Å². The molecule has 0 spiro atoms. The Bertz CT molecular complexity index is 741. The molecule has 4 nitrogen and oxygen atoms in total. The highest BCUT2D eigenvalue weighted by Crippen LogP contribution is 2.36. The van der Waals surface area contributed by atoms with Crippen LogP contribution < -0.4 is 0 Å². The highest BCUT2D eigenvalue weighted by atomic mass is 16.5. The fraction of sp³-hybridized carbons (Fsp3) is 0.412. The van der Waals surface area contributed by atoms with E-state index in [1.54, 1.807) is 18.3 Å². The van der Waals surface area contributed by atoms with Gasteiger partial charge in [-0.05, 0) is 38.0 Å². The first kappa shape index (κ1) is 13.8. The number of rotatable bonds is 2. The summed E-state index contributed by atoms with van der Waals surface area (Å²) in [6, 6.07) is 7.48. The maximum atomic E-state index is 12.9. The molecule has 4 heteroatoms. The van der Waals surface area contributed by atoms with Crippen molar-refractivity contribution < 1.29 is 9.53 Å². The zero-order chi connectivity index (χ0) is 15.1. The summed E-state index contributed by atoms with van der Waals surface area (Å²) in [6.07, 6.45) is 1.76. The number of nitrogens with zero attached hydrogens (tertiary/aromatic N) is 1. The van der Waals surface area contributed by atoms with Gasteiger partial charge in [0, 0.05) is 22.7 Å². The zero-order valence-electron chi connectivity index (χ0n) is 12.4. The minimum Gasteiger partial charge on any atom is -0.374 e. The molecule has 21 heavy (non-hydrogen) atoms. The van der Waals surface area contributed by atoms with Crippen LogP contribution in [0.15, 0.2) is 24.4 Å². The second-order valence-corrected chi connectivity index (χ2v) is 5.87. The fourth-order valence-corrected chi connectivity index (χ4v) is 3.29. The van der Waals surface area contributed by atoms with Crippen LogP contribution in [0, 0.1) is 23.2 Å². The molecule has 0 amide bonds. The van der Waals surface area contributed by atoms with Crippen molar-refractivity contribution in [1.29, 1.82) is 5.26 Å². The van der Waals surface area contributed by atoms with Crippen molar-refractivity contribution in [3.63, 3.8) is 0 Å². The monoisotopic (exact) mass is 282 g/mol. The second kappa shape index (κ2) is 5.01. The predicted octanol–water partition coefficient (Wildman–Crippen LogP) is 3.28. The average molecular weight is 282 g/mol. The third kappa shape index (κ3) is 2.14. The molecule has 4 atom stereocenters. The van der Waals surface area contributed by atoms with Gasteiger partial charge in [0.05, 0.1) is 29.8 Å². The molecule has 0 aliphatic carbocycles. The quantitative estimate of drug-likeness (QED) is 0.860. The number of Topliss-reactive ketones (excluding diaryl/α,β-unsaturated/α-hetero) is 1. The van der Waals surface area contributed by atoms with Gasteiger partial charge in [0.1, 0.15) is 0 Å². The van der Waals surface area contributed by atoms with E-state index in [2.05, 4.69) is 18.0 Å². The van der Waals surface area contributed by atoms with Crippen LogP contribution in [0.25, 0.3) is 10.9 Å². The number of hydrogen-bond donors (Lipinski definition) is 1. The highest BCUT2D eigenvalue weighted by Gasteiger charge is 2.42. The average Bonchev–Trinajstić information content (AvgIpc) is 2.99. The second-order valence-electron chi connectivity index (χ2n) is 5.87. The number of carbonyl (C=O) groups is 1. The molecule has 1 aliphatic rings. The molecule has 1 N–H and O–H groups in total. The van der Waals surface area contributed by atoms with Crippen LogP contribution in [0.4, 0.5) is 0 Å². The van der Waals surface area contributed by atoms with E-state index in [0.29, 0.717) is 11.1 Å². The molecule has 4 unspecified atom stereocenters. The summed E-state index contributed by atoms with van der Waals surface area (Å²) in [5, 5.41) is 9.85. The van der Waals surface area contributed by atoms with Gasteiger partial charge in [-0.3, -0.25) is 4.79 Å². The molecule has 1 aliphatic heterocycles. The maximum absolute atomic E-state index is 12.9.